The number of aromatic nitrogens is 2. The maximum Gasteiger partial charge on any atom is 0.335 e. The van der Waals surface area contributed by atoms with Crippen LogP contribution in [0.2, 0.25) is 0 Å². The van der Waals surface area contributed by atoms with Crippen LogP contribution in [0.5, 0.6) is 0 Å². The van der Waals surface area contributed by atoms with Crippen molar-refractivity contribution >= 4 is 106 Å². The number of aliphatic hydroxyl groups is 3. The van der Waals surface area contributed by atoms with Crippen molar-refractivity contribution in [3.05, 3.63) is 54.1 Å². The van der Waals surface area contributed by atoms with Crippen molar-refractivity contribution in [2.45, 2.75) is 255 Å². The molecule has 3 aliphatic heterocycles. The number of nitrogens with two attached hydrogens (primary N) is 3. The quantitative estimate of drug-likeness (QED) is 0.0301. The van der Waals surface area contributed by atoms with Crippen LogP contribution in [-0.4, -0.2) is 251 Å². The van der Waals surface area contributed by atoms with Gasteiger partial charge in [-0.3, -0.25) is 72.1 Å². The molecule has 622 valence electrons. The molecule has 0 bridgehead atoms. The number of carboxylic acid groups (broad SMARTS) is 2. The Hall–Kier alpha value is -9.74. The number of esters is 1. The van der Waals surface area contributed by atoms with E-state index < -0.39 is 236 Å². The Kier molecular flexibility index (Phi) is 37.9. The van der Waals surface area contributed by atoms with Crippen LogP contribution in [0.4, 0.5) is 0 Å². The van der Waals surface area contributed by atoms with E-state index in [1.165, 1.54) is 24.3 Å². The van der Waals surface area contributed by atoms with Gasteiger partial charge in [-0.15, -0.1) is 11.8 Å². The number of nitrogens with one attached hydrogen (secondary N) is 12. The highest BCUT2D eigenvalue weighted by Crippen LogP contribution is 2.26. The Morgan fingerprint density at radius 2 is 1.29 bits per heavy atom. The third kappa shape index (κ3) is 28.8. The van der Waals surface area contributed by atoms with Gasteiger partial charge in [0.2, 0.25) is 77.2 Å². The first-order chi connectivity index (χ1) is 53.0. The van der Waals surface area contributed by atoms with E-state index >= 15 is 4.79 Å². The molecule has 20 atom stereocenters. The van der Waals surface area contributed by atoms with Crippen molar-refractivity contribution in [1.82, 2.24) is 68.5 Å². The SMILES string of the molecule is CC[C@H](C)[C@H](N)C1=N[C@H](C(=O)N[C@@H](CC(C)C)C(=O)N[C@H](CCC(=O)O)C(=O)N[C@H](C(=O)N[C@H]2CCCCNC(=O)[C@H](CC(N)=O)NC(=O)[C@@H](CC(=O)OC3OC(C(=O)O)C(O)C(O)C3O)NC(=O)[C@H](Cc3cnc[nH]3)NC(=O)[C@@H](Cc3ccccc3)NC(=O)[C@H]([C@@H](C)CC)NC(=O)[C@@H](CCCN)NC2=O)[C@@H](C)CC)CS1. The fourth-order valence-electron chi connectivity index (χ4n) is 12.2. The zero-order chi connectivity index (χ0) is 83.2. The molecule has 2 aromatic rings. The minimum Gasteiger partial charge on any atom is -0.481 e. The second-order valence-electron chi connectivity index (χ2n) is 28.8. The molecule has 12 amide bonds. The van der Waals surface area contributed by atoms with E-state index in [4.69, 9.17) is 26.7 Å². The van der Waals surface area contributed by atoms with Gasteiger partial charge in [0, 0.05) is 43.5 Å². The molecule has 39 nitrogen and oxygen atoms in total. The van der Waals surface area contributed by atoms with Gasteiger partial charge in [-0.1, -0.05) is 105 Å². The molecule has 5 unspecified atom stereocenters. The lowest BCUT2D eigenvalue weighted by atomic mass is 9.96. The van der Waals surface area contributed by atoms with Crippen LogP contribution in [0.1, 0.15) is 150 Å². The number of carbonyl (C=O) groups excluding carboxylic acids is 13. The van der Waals surface area contributed by atoms with Gasteiger partial charge in [-0.05, 0) is 80.7 Å². The largest absolute Gasteiger partial charge is 0.481 e. The number of amides is 12. The van der Waals surface area contributed by atoms with E-state index in [1.807, 2.05) is 13.8 Å². The Morgan fingerprint density at radius 3 is 1.88 bits per heavy atom. The van der Waals surface area contributed by atoms with Crippen LogP contribution in [0.25, 0.3) is 0 Å². The molecule has 0 aliphatic carbocycles. The predicted octanol–water partition coefficient (Wildman–Crippen LogP) is -4.33. The molecular weight excluding hydrogens is 1490 g/mol. The van der Waals surface area contributed by atoms with Gasteiger partial charge >= 0.3 is 17.9 Å². The molecule has 40 heteroatoms. The van der Waals surface area contributed by atoms with Gasteiger partial charge in [-0.25, -0.2) is 9.78 Å². The summed E-state index contributed by atoms with van der Waals surface area (Å²) in [5, 5.41) is 80.1. The van der Waals surface area contributed by atoms with Crippen LogP contribution in [0.15, 0.2) is 47.8 Å². The second-order valence-corrected chi connectivity index (χ2v) is 29.8. The summed E-state index contributed by atoms with van der Waals surface area (Å²) in [6.45, 7) is 13.8. The number of hydrogen-bond acceptors (Lipinski definition) is 25. The van der Waals surface area contributed by atoms with E-state index in [0.29, 0.717) is 10.6 Å². The molecule has 0 spiro atoms. The molecule has 3 aliphatic rings. The van der Waals surface area contributed by atoms with Crippen molar-refractivity contribution in [1.29, 1.82) is 0 Å². The number of carboxylic acids is 2. The van der Waals surface area contributed by atoms with Gasteiger partial charge in [0.25, 0.3) is 0 Å². The number of aliphatic carboxylic acids is 2. The number of carbonyl (C=O) groups is 15. The monoisotopic (exact) mass is 1600 g/mol. The zero-order valence-electron chi connectivity index (χ0n) is 64.1. The number of aliphatic imine (C=N–C) groups is 1. The molecule has 2 fully saturated rings. The van der Waals surface area contributed by atoms with Crippen molar-refractivity contribution in [2.24, 2.45) is 45.9 Å². The van der Waals surface area contributed by atoms with Crippen LogP contribution in [0, 0.1) is 23.7 Å². The van der Waals surface area contributed by atoms with Gasteiger partial charge in [0.15, 0.2) is 6.10 Å². The summed E-state index contributed by atoms with van der Waals surface area (Å²) >= 11 is 1.33. The lowest BCUT2D eigenvalue weighted by Gasteiger charge is -2.38. The van der Waals surface area contributed by atoms with E-state index in [2.05, 4.69) is 73.4 Å². The molecular formula is C72H111N17O22S. The van der Waals surface area contributed by atoms with E-state index in [-0.39, 0.29) is 94.2 Å². The predicted molar refractivity (Wildman–Crippen MR) is 402 cm³/mol. The number of ether oxygens (including phenoxy) is 2. The molecule has 0 radical (unpaired) electrons. The molecule has 112 heavy (non-hydrogen) atoms. The Bertz CT molecular complexity index is 3600. The zero-order valence-corrected chi connectivity index (χ0v) is 64.9. The summed E-state index contributed by atoms with van der Waals surface area (Å²) in [5.74, 6) is -18.4. The van der Waals surface area contributed by atoms with Crippen LogP contribution < -0.4 is 75.7 Å². The van der Waals surface area contributed by atoms with E-state index in [1.54, 1.807) is 71.9 Å². The number of benzene rings is 1. The molecule has 23 N–H and O–H groups in total. The summed E-state index contributed by atoms with van der Waals surface area (Å²) < 4.78 is 10.3. The molecule has 1 aromatic heterocycles. The topological polar surface area (TPSA) is 627 Å². The fourth-order valence-corrected chi connectivity index (χ4v) is 13.4. The Balaban J connectivity index is 1.56. The first-order valence-corrected chi connectivity index (χ1v) is 38.6. The van der Waals surface area contributed by atoms with Gasteiger partial charge in [-0.2, -0.15) is 0 Å². The summed E-state index contributed by atoms with van der Waals surface area (Å²) in [7, 11) is 0. The van der Waals surface area contributed by atoms with Crippen LogP contribution >= 0.6 is 11.8 Å². The number of primary amides is 1. The highest BCUT2D eigenvalue weighted by atomic mass is 32.2. The number of imidazole rings is 1. The smallest absolute Gasteiger partial charge is 0.335 e. The third-order valence-electron chi connectivity index (χ3n) is 19.5. The second kappa shape index (κ2) is 45.7. The number of hydrogen-bond donors (Lipinski definition) is 20. The molecule has 5 rings (SSSR count). The standard InChI is InChI=1S/C72H111N17O22S/c1-9-35(6)52(75)70-87-48(32-112-70)67(105)82-43(26-34(4)5)63(101)80-42(22-23-50(91)92)62(100)89-53(36(7)10-2)68(106)81-40-20-15-16-25-77-59(97)46(29-49(74)90)84-66(104)47(30-51(93)110-72-57(96)55(94)56(95)58(111-72)71(108)109)85-65(103)45(28-39-31-76-33-78-39)83-64(102)44(27-38-18-13-12-14-19-38)86-69(107)54(37(8)11-3)88-61(99)41(21-17-24-73)79-60(40)98/h12-14,18-19,31,33-37,40-48,52-58,72,94-96H,9-11,15-17,20-30,32,73,75H2,1-8H3,(H2,74,90)(H,76,78)(H,77,97)(H,79,98)(H,80,101)(H,81,106)(H,82,105)(H,83,102)(H,84,104)(H,85,103)(H,86,107)(H,88,99)(H,89,100)(H,91,92)(H,108,109)/t35-,36-,37-,40-,41+,42+,43-,44+,45-,46-,47+,48-,52-,53-,54-,55?,56?,57?,58?,72?/m0/s1. The molecule has 4 heterocycles. The number of nitrogens with zero attached hydrogens (tertiary/aromatic N) is 2. The van der Waals surface area contributed by atoms with Crippen molar-refractivity contribution in [3.8, 4) is 0 Å². The number of aliphatic hydroxyl groups excluding tert-OH is 3. The fraction of sp³-hybridized carbons (Fsp3) is 0.653. The van der Waals surface area contributed by atoms with E-state index in [9.17, 15) is 92.7 Å². The number of H-pyrrole nitrogens is 1. The third-order valence-corrected chi connectivity index (χ3v) is 20.7. The minimum atomic E-state index is -2.33. The first kappa shape index (κ1) is 92.9. The van der Waals surface area contributed by atoms with Crippen molar-refractivity contribution < 1.29 is 107 Å². The number of rotatable bonds is 33. The van der Waals surface area contributed by atoms with Crippen LogP contribution in [0.3, 0.4) is 0 Å². The van der Waals surface area contributed by atoms with Gasteiger partial charge in [0.1, 0.15) is 84.8 Å². The Morgan fingerprint density at radius 1 is 0.679 bits per heavy atom. The average molecular weight is 1600 g/mol. The van der Waals surface area contributed by atoms with Crippen molar-refractivity contribution in [3.63, 3.8) is 0 Å². The average Bonchev–Trinajstić information content (AvgIpc) is 0.928. The summed E-state index contributed by atoms with van der Waals surface area (Å²) in [6, 6.07) is -9.64. The van der Waals surface area contributed by atoms with E-state index in [0.717, 1.165) is 6.42 Å². The normalized spacial score (nSPS) is 26.0. The number of aromatic amines is 1. The van der Waals surface area contributed by atoms with Crippen molar-refractivity contribution in [2.75, 3.05) is 18.8 Å². The first-order valence-electron chi connectivity index (χ1n) is 37.6. The van der Waals surface area contributed by atoms with Gasteiger partial charge in [0.05, 0.1) is 30.3 Å². The minimum absolute atomic E-state index is 0.00969. The van der Waals surface area contributed by atoms with Crippen LogP contribution in [-0.2, 0) is 94.2 Å². The maximum absolute atomic E-state index is 15.0. The number of thioether (sulfide) groups is 1. The molecule has 2 saturated heterocycles. The lowest BCUT2D eigenvalue weighted by molar-refractivity contribution is -0.286. The molecule has 1 aromatic carbocycles. The van der Waals surface area contributed by atoms with Gasteiger partial charge < -0.3 is 116 Å². The summed E-state index contributed by atoms with van der Waals surface area (Å²) in [4.78, 5) is 223. The summed E-state index contributed by atoms with van der Waals surface area (Å²) in [6.07, 6.45) is -12.2. The molecule has 0 saturated carbocycles. The summed E-state index contributed by atoms with van der Waals surface area (Å²) in [5.41, 5.74) is 18.6. The maximum atomic E-state index is 15.0. The highest BCUT2D eigenvalue weighted by molar-refractivity contribution is 8.14. The highest BCUT2D eigenvalue weighted by Gasteiger charge is 2.49. The lowest BCUT2D eigenvalue weighted by Crippen LogP contribution is -2.62. The Labute approximate surface area is 652 Å².